The Bertz CT molecular complexity index is 376. The third-order valence-electron chi connectivity index (χ3n) is 1.96. The van der Waals surface area contributed by atoms with Crippen LogP contribution in [0.1, 0.15) is 5.56 Å². The van der Waals surface area contributed by atoms with Gasteiger partial charge < -0.3 is 5.11 Å². The van der Waals surface area contributed by atoms with Gasteiger partial charge in [0.2, 0.25) is 0 Å². The van der Waals surface area contributed by atoms with E-state index in [0.717, 1.165) is 4.90 Å². The number of hydrogen-bond donors (Lipinski definition) is 1. The van der Waals surface area contributed by atoms with E-state index in [1.807, 2.05) is 0 Å². The number of nitrogens with zero attached hydrogens (tertiary/aromatic N) is 2. The first-order valence-corrected chi connectivity index (χ1v) is 3.97. The first-order chi connectivity index (χ1) is 6.57. The lowest BCUT2D eigenvalue weighted by Crippen LogP contribution is -2.23. The topological polar surface area (TPSA) is 70.0 Å². The maximum Gasteiger partial charge on any atom is 0.411 e. The van der Waals surface area contributed by atoms with Crippen LogP contribution in [0.15, 0.2) is 23.4 Å². The summed E-state index contributed by atoms with van der Waals surface area (Å²) in [7, 11) is 1.37. The molecule has 0 aliphatic carbocycles. The number of rotatable bonds is 2. The Balaban J connectivity index is 3.26. The molecule has 0 aromatic heterocycles. The number of hydrogen-bond acceptors (Lipinski definition) is 3. The van der Waals surface area contributed by atoms with Gasteiger partial charge in [-0.25, -0.2) is 4.79 Å². The van der Waals surface area contributed by atoms with E-state index in [4.69, 9.17) is 5.11 Å². The molecule has 0 atom stereocenters. The van der Waals surface area contributed by atoms with Crippen molar-refractivity contribution >= 4 is 17.5 Å². The molecule has 1 rings (SSSR count). The normalized spacial score (nSPS) is 9.57. The van der Waals surface area contributed by atoms with Crippen molar-refractivity contribution in [2.45, 2.75) is 6.92 Å². The van der Waals surface area contributed by atoms with Crippen molar-refractivity contribution in [2.75, 3.05) is 11.9 Å². The molecule has 0 unspecified atom stereocenters. The minimum atomic E-state index is -1.12. The van der Waals surface area contributed by atoms with Crippen molar-refractivity contribution in [1.82, 2.24) is 0 Å². The fourth-order valence-corrected chi connectivity index (χ4v) is 1.14. The summed E-state index contributed by atoms with van der Waals surface area (Å²) in [6, 6.07) is 4.92. The van der Waals surface area contributed by atoms with Gasteiger partial charge >= 0.3 is 6.09 Å². The maximum absolute atomic E-state index is 10.7. The predicted molar refractivity (Wildman–Crippen MR) is 53.1 cm³/mol. The molecule has 0 fully saturated rings. The molecule has 14 heavy (non-hydrogen) atoms. The zero-order valence-corrected chi connectivity index (χ0v) is 7.89. The summed E-state index contributed by atoms with van der Waals surface area (Å²) in [6.07, 6.45) is -1.12. The molecular formula is C9H10N2O3. The molecule has 0 aliphatic heterocycles. The Morgan fingerprint density at radius 1 is 1.50 bits per heavy atom. The average molecular weight is 194 g/mol. The summed E-state index contributed by atoms with van der Waals surface area (Å²) < 4.78 is 0. The van der Waals surface area contributed by atoms with Crippen molar-refractivity contribution in [3.05, 3.63) is 28.7 Å². The van der Waals surface area contributed by atoms with Gasteiger partial charge in [-0.2, -0.15) is 0 Å². The van der Waals surface area contributed by atoms with Gasteiger partial charge in [0.1, 0.15) is 5.69 Å². The quantitative estimate of drug-likeness (QED) is 0.735. The first-order valence-electron chi connectivity index (χ1n) is 3.97. The molecule has 0 saturated heterocycles. The molecule has 1 aromatic rings. The Morgan fingerprint density at radius 3 is 2.64 bits per heavy atom. The minimum absolute atomic E-state index is 0.164. The highest BCUT2D eigenvalue weighted by molar-refractivity contribution is 5.90. The lowest BCUT2D eigenvalue weighted by Gasteiger charge is -2.14. The number of benzene rings is 1. The van der Waals surface area contributed by atoms with Crippen LogP contribution in [0.2, 0.25) is 0 Å². The van der Waals surface area contributed by atoms with Crippen LogP contribution < -0.4 is 4.90 Å². The number of aryl methyl sites for hydroxylation is 1. The molecule has 1 aromatic carbocycles. The minimum Gasteiger partial charge on any atom is -0.465 e. The van der Waals surface area contributed by atoms with Crippen LogP contribution in [-0.2, 0) is 0 Å². The molecule has 5 nitrogen and oxygen atoms in total. The van der Waals surface area contributed by atoms with E-state index in [1.165, 1.54) is 13.1 Å². The summed E-state index contributed by atoms with van der Waals surface area (Å²) in [5.41, 5.74) is 1.12. The number of amides is 1. The van der Waals surface area contributed by atoms with Gasteiger partial charge in [-0.3, -0.25) is 4.90 Å². The van der Waals surface area contributed by atoms with E-state index in [-0.39, 0.29) is 5.69 Å². The Labute approximate surface area is 80.9 Å². The third kappa shape index (κ3) is 1.71. The van der Waals surface area contributed by atoms with Crippen LogP contribution in [0, 0.1) is 11.8 Å². The Hall–Kier alpha value is -1.91. The molecule has 0 spiro atoms. The monoisotopic (exact) mass is 194 g/mol. The largest absolute Gasteiger partial charge is 0.465 e. The van der Waals surface area contributed by atoms with Gasteiger partial charge in [-0.05, 0) is 23.7 Å². The van der Waals surface area contributed by atoms with E-state index >= 15 is 0 Å². The molecule has 0 aliphatic rings. The molecule has 5 heteroatoms. The highest BCUT2D eigenvalue weighted by atomic mass is 16.4. The van der Waals surface area contributed by atoms with Crippen LogP contribution in [0.25, 0.3) is 0 Å². The summed E-state index contributed by atoms with van der Waals surface area (Å²) in [4.78, 5) is 22.1. The fraction of sp³-hybridized carbons (Fsp3) is 0.222. The number of anilines is 1. The zero-order valence-electron chi connectivity index (χ0n) is 7.89. The van der Waals surface area contributed by atoms with Gasteiger partial charge in [-0.15, -0.1) is 4.91 Å². The van der Waals surface area contributed by atoms with Crippen molar-refractivity contribution in [3.63, 3.8) is 0 Å². The van der Waals surface area contributed by atoms with E-state index in [1.54, 1.807) is 19.1 Å². The second-order valence-corrected chi connectivity index (χ2v) is 2.88. The van der Waals surface area contributed by atoms with Crippen molar-refractivity contribution in [3.8, 4) is 0 Å². The fourth-order valence-electron chi connectivity index (χ4n) is 1.14. The maximum atomic E-state index is 10.7. The highest BCUT2D eigenvalue weighted by Gasteiger charge is 2.14. The lowest BCUT2D eigenvalue weighted by molar-refractivity contribution is 0.203. The number of nitroso groups, excluding NO2 is 1. The van der Waals surface area contributed by atoms with Gasteiger partial charge in [0.15, 0.2) is 0 Å². The molecule has 1 N–H and O–H groups in total. The number of carboxylic acid groups (broad SMARTS) is 1. The average Bonchev–Trinajstić information content (AvgIpc) is 2.16. The predicted octanol–water partition coefficient (Wildman–Crippen LogP) is 2.51. The summed E-state index contributed by atoms with van der Waals surface area (Å²) in [5, 5.41) is 11.5. The van der Waals surface area contributed by atoms with Crippen LogP contribution in [0.4, 0.5) is 16.2 Å². The molecule has 0 saturated carbocycles. The highest BCUT2D eigenvalue weighted by Crippen LogP contribution is 2.30. The van der Waals surface area contributed by atoms with Crippen molar-refractivity contribution in [1.29, 1.82) is 0 Å². The van der Waals surface area contributed by atoms with E-state index in [9.17, 15) is 9.70 Å². The van der Waals surface area contributed by atoms with Gasteiger partial charge in [0.25, 0.3) is 0 Å². The standard InChI is InChI=1S/C9H10N2O3/c1-6-4-3-5-7(8(6)10-14)11(2)9(12)13/h3-5H,1-2H3,(H,12,13). The van der Waals surface area contributed by atoms with Gasteiger partial charge in [-0.1, -0.05) is 12.1 Å². The zero-order chi connectivity index (χ0) is 10.7. The molecule has 0 bridgehead atoms. The molecule has 74 valence electrons. The Kier molecular flexibility index (Phi) is 2.81. The SMILES string of the molecule is Cc1cccc(N(C)C(=O)O)c1N=O. The van der Waals surface area contributed by atoms with Gasteiger partial charge in [0.05, 0.1) is 5.69 Å². The van der Waals surface area contributed by atoms with E-state index in [0.29, 0.717) is 11.3 Å². The van der Waals surface area contributed by atoms with Crippen LogP contribution >= 0.6 is 0 Å². The summed E-state index contributed by atoms with van der Waals surface area (Å²) in [6.45, 7) is 1.70. The van der Waals surface area contributed by atoms with Gasteiger partial charge in [0, 0.05) is 7.05 Å². The summed E-state index contributed by atoms with van der Waals surface area (Å²) in [5.74, 6) is 0. The molecule has 1 amide bonds. The van der Waals surface area contributed by atoms with Crippen molar-refractivity contribution < 1.29 is 9.90 Å². The molecule has 0 radical (unpaired) electrons. The molecular weight excluding hydrogens is 184 g/mol. The second-order valence-electron chi connectivity index (χ2n) is 2.88. The Morgan fingerprint density at radius 2 is 2.14 bits per heavy atom. The third-order valence-corrected chi connectivity index (χ3v) is 1.96. The number of carbonyl (C=O) groups is 1. The van der Waals surface area contributed by atoms with Crippen LogP contribution in [0.3, 0.4) is 0 Å². The van der Waals surface area contributed by atoms with Crippen molar-refractivity contribution in [2.24, 2.45) is 5.18 Å². The smallest absolute Gasteiger partial charge is 0.411 e. The lowest BCUT2D eigenvalue weighted by atomic mass is 10.1. The van der Waals surface area contributed by atoms with E-state index < -0.39 is 6.09 Å². The first kappa shape index (κ1) is 10.2. The van der Waals surface area contributed by atoms with Crippen LogP contribution in [0.5, 0.6) is 0 Å². The van der Waals surface area contributed by atoms with E-state index in [2.05, 4.69) is 5.18 Å². The van der Waals surface area contributed by atoms with Crippen LogP contribution in [-0.4, -0.2) is 18.2 Å². The molecule has 0 heterocycles. The second kappa shape index (κ2) is 3.87. The summed E-state index contributed by atoms with van der Waals surface area (Å²) >= 11 is 0.